The molecule has 2 heteroatoms. The van der Waals surface area contributed by atoms with E-state index in [-0.39, 0.29) is 5.41 Å². The maximum Gasteiger partial charge on any atom is 0.143 e. The van der Waals surface area contributed by atoms with Crippen LogP contribution in [0.2, 0.25) is 0 Å². The van der Waals surface area contributed by atoms with Crippen molar-refractivity contribution in [2.24, 2.45) is 0 Å². The number of benzene rings is 9. The summed E-state index contributed by atoms with van der Waals surface area (Å²) in [7, 11) is 0. The first-order valence-corrected chi connectivity index (χ1v) is 19.1. The Hall–Kier alpha value is -6.90. The first-order chi connectivity index (χ1) is 27.0. The van der Waals surface area contributed by atoms with Crippen LogP contribution >= 0.6 is 0 Å². The van der Waals surface area contributed by atoms with Crippen LogP contribution < -0.4 is 4.90 Å². The van der Waals surface area contributed by atoms with Gasteiger partial charge in [0.1, 0.15) is 11.2 Å². The maximum absolute atomic E-state index is 6.84. The van der Waals surface area contributed by atoms with E-state index in [1.165, 1.54) is 60.6 Å². The van der Waals surface area contributed by atoms with E-state index in [4.69, 9.17) is 4.42 Å². The summed E-state index contributed by atoms with van der Waals surface area (Å²) in [6.45, 7) is 4.74. The zero-order valence-corrected chi connectivity index (χ0v) is 30.8. The molecule has 0 amide bonds. The molecule has 1 aromatic heterocycles. The van der Waals surface area contributed by atoms with Crippen LogP contribution in [0, 0.1) is 0 Å². The van der Waals surface area contributed by atoms with Crippen LogP contribution in [0.25, 0.3) is 76.9 Å². The molecule has 11 rings (SSSR count). The van der Waals surface area contributed by atoms with Gasteiger partial charge in [-0.05, 0) is 97.4 Å². The minimum Gasteiger partial charge on any atom is -0.455 e. The van der Waals surface area contributed by atoms with Crippen molar-refractivity contribution in [3.8, 4) is 33.4 Å². The van der Waals surface area contributed by atoms with Crippen molar-refractivity contribution >= 4 is 60.5 Å². The summed E-state index contributed by atoms with van der Waals surface area (Å²) in [5, 5.41) is 7.12. The topological polar surface area (TPSA) is 16.4 Å². The minimum absolute atomic E-state index is 0.216. The highest BCUT2D eigenvalue weighted by molar-refractivity contribution is 6.14. The number of furan rings is 1. The quantitative estimate of drug-likeness (QED) is 0.177. The fraction of sp³-hybridized carbons (Fsp3) is 0.0566. The van der Waals surface area contributed by atoms with Gasteiger partial charge in [0.05, 0.1) is 11.4 Å². The van der Waals surface area contributed by atoms with Crippen molar-refractivity contribution in [2.75, 3.05) is 4.90 Å². The van der Waals surface area contributed by atoms with E-state index >= 15 is 0 Å². The third kappa shape index (κ3) is 4.88. The van der Waals surface area contributed by atoms with Crippen LogP contribution in [0.15, 0.2) is 192 Å². The highest BCUT2D eigenvalue weighted by atomic mass is 16.3. The molecular formula is C53H37NO. The van der Waals surface area contributed by atoms with E-state index in [0.717, 1.165) is 44.4 Å². The Balaban J connectivity index is 1.17. The number of anilines is 3. The molecule has 260 valence electrons. The third-order valence-corrected chi connectivity index (χ3v) is 11.8. The number of nitrogens with zero attached hydrogens (tertiary/aromatic N) is 1. The molecule has 0 spiro atoms. The average molecular weight is 704 g/mol. The number of hydrogen-bond donors (Lipinski definition) is 0. The molecule has 1 heterocycles. The molecule has 0 radical (unpaired) electrons. The first kappa shape index (κ1) is 31.6. The lowest BCUT2D eigenvalue weighted by atomic mass is 9.81. The highest BCUT2D eigenvalue weighted by Gasteiger charge is 2.39. The van der Waals surface area contributed by atoms with Gasteiger partial charge in [-0.2, -0.15) is 0 Å². The summed E-state index contributed by atoms with van der Waals surface area (Å²) in [4.78, 5) is 2.49. The Morgan fingerprint density at radius 1 is 0.418 bits per heavy atom. The fourth-order valence-corrected chi connectivity index (χ4v) is 9.20. The second-order valence-corrected chi connectivity index (χ2v) is 15.3. The van der Waals surface area contributed by atoms with Gasteiger partial charge in [-0.3, -0.25) is 0 Å². The van der Waals surface area contributed by atoms with Gasteiger partial charge in [-0.25, -0.2) is 0 Å². The van der Waals surface area contributed by atoms with Gasteiger partial charge in [0.2, 0.25) is 0 Å². The van der Waals surface area contributed by atoms with E-state index < -0.39 is 0 Å². The lowest BCUT2D eigenvalue weighted by molar-refractivity contribution is 0.660. The molecule has 1 aliphatic carbocycles. The summed E-state index contributed by atoms with van der Waals surface area (Å²) < 4.78 is 6.84. The molecular weight excluding hydrogens is 667 g/mol. The van der Waals surface area contributed by atoms with Crippen LogP contribution in [-0.2, 0) is 5.41 Å². The van der Waals surface area contributed by atoms with Crippen LogP contribution in [0.3, 0.4) is 0 Å². The van der Waals surface area contributed by atoms with Gasteiger partial charge in [0, 0.05) is 33.0 Å². The van der Waals surface area contributed by atoms with Crippen molar-refractivity contribution in [1.29, 1.82) is 0 Å². The van der Waals surface area contributed by atoms with Gasteiger partial charge >= 0.3 is 0 Å². The van der Waals surface area contributed by atoms with E-state index in [1.807, 2.05) is 0 Å². The van der Waals surface area contributed by atoms with Crippen LogP contribution in [0.5, 0.6) is 0 Å². The van der Waals surface area contributed by atoms with E-state index in [2.05, 4.69) is 207 Å². The molecule has 0 saturated carbocycles. The lowest BCUT2D eigenvalue weighted by Gasteiger charge is -2.33. The van der Waals surface area contributed by atoms with Gasteiger partial charge < -0.3 is 9.32 Å². The zero-order valence-electron chi connectivity index (χ0n) is 30.8. The Labute approximate surface area is 320 Å². The Bertz CT molecular complexity index is 3150. The summed E-state index contributed by atoms with van der Waals surface area (Å²) in [5.74, 6) is 0. The molecule has 10 aromatic rings. The van der Waals surface area contributed by atoms with Crippen molar-refractivity contribution in [1.82, 2.24) is 0 Å². The van der Waals surface area contributed by atoms with Crippen LogP contribution in [0.1, 0.15) is 25.0 Å². The number of rotatable bonds is 5. The Kier molecular flexibility index (Phi) is 6.93. The van der Waals surface area contributed by atoms with E-state index in [0.29, 0.717) is 0 Å². The van der Waals surface area contributed by atoms with Crippen molar-refractivity contribution in [3.05, 3.63) is 199 Å². The van der Waals surface area contributed by atoms with E-state index in [9.17, 15) is 0 Å². The molecule has 9 aromatic carbocycles. The largest absolute Gasteiger partial charge is 0.455 e. The summed E-state index contributed by atoms with van der Waals surface area (Å²) >= 11 is 0. The SMILES string of the molecule is CC1(C)c2ccccc2-c2cccc(N(c3cccc(-c4ccc5ccccc5c4)c3)c3ccccc3-c3cccc4c3oc3cc5ccccc5cc34)c21. The molecule has 0 N–H and O–H groups in total. The predicted octanol–water partition coefficient (Wildman–Crippen LogP) is 15.0. The predicted molar refractivity (Wildman–Crippen MR) is 232 cm³/mol. The summed E-state index contributed by atoms with van der Waals surface area (Å²) in [5.41, 5.74) is 14.8. The summed E-state index contributed by atoms with van der Waals surface area (Å²) in [6, 6.07) is 68.5. The van der Waals surface area contributed by atoms with Crippen LogP contribution in [-0.4, -0.2) is 0 Å². The van der Waals surface area contributed by atoms with Gasteiger partial charge in [0.15, 0.2) is 0 Å². The highest BCUT2D eigenvalue weighted by Crippen LogP contribution is 2.55. The van der Waals surface area contributed by atoms with Crippen molar-refractivity contribution in [2.45, 2.75) is 19.3 Å². The molecule has 0 bridgehead atoms. The molecule has 0 unspecified atom stereocenters. The van der Waals surface area contributed by atoms with Gasteiger partial charge in [0.25, 0.3) is 0 Å². The van der Waals surface area contributed by atoms with Gasteiger partial charge in [-0.15, -0.1) is 0 Å². The molecule has 2 nitrogen and oxygen atoms in total. The number of fused-ring (bicyclic) bond motifs is 8. The normalized spacial score (nSPS) is 13.1. The second-order valence-electron chi connectivity index (χ2n) is 15.3. The summed E-state index contributed by atoms with van der Waals surface area (Å²) in [6.07, 6.45) is 0. The standard InChI is InChI=1S/C53H37NO/c1-53(2)47-25-9-7-20-41(47)43-22-13-27-49(51(43)53)54(40-19-11-18-36(31-40)39-29-28-34-14-3-4-15-35(34)30-39)48-26-10-8-21-42(48)44-23-12-24-45-46-32-37-16-5-6-17-38(37)33-50(46)55-52(44)45/h3-33H,1-2H3. The lowest BCUT2D eigenvalue weighted by Crippen LogP contribution is -2.21. The number of hydrogen-bond acceptors (Lipinski definition) is 2. The smallest absolute Gasteiger partial charge is 0.143 e. The molecule has 0 saturated heterocycles. The van der Waals surface area contributed by atoms with Crippen LogP contribution in [0.4, 0.5) is 17.1 Å². The second kappa shape index (κ2) is 12.1. The fourth-order valence-electron chi connectivity index (χ4n) is 9.20. The maximum atomic E-state index is 6.84. The first-order valence-electron chi connectivity index (χ1n) is 19.1. The third-order valence-electron chi connectivity index (χ3n) is 11.8. The van der Waals surface area contributed by atoms with Crippen molar-refractivity contribution < 1.29 is 4.42 Å². The number of para-hydroxylation sites is 2. The average Bonchev–Trinajstić information content (AvgIpc) is 3.71. The molecule has 0 fully saturated rings. The van der Waals surface area contributed by atoms with Gasteiger partial charge in [-0.1, -0.05) is 159 Å². The molecule has 55 heavy (non-hydrogen) atoms. The van der Waals surface area contributed by atoms with Crippen molar-refractivity contribution in [3.63, 3.8) is 0 Å². The minimum atomic E-state index is -0.216. The molecule has 0 atom stereocenters. The molecule has 0 aliphatic heterocycles. The monoisotopic (exact) mass is 703 g/mol. The van der Waals surface area contributed by atoms with E-state index in [1.54, 1.807) is 0 Å². The molecule has 1 aliphatic rings. The zero-order chi connectivity index (χ0) is 36.7. The Morgan fingerprint density at radius 2 is 1.04 bits per heavy atom. The Morgan fingerprint density at radius 3 is 1.89 bits per heavy atom.